The lowest BCUT2D eigenvalue weighted by atomic mass is 9.98. The molecule has 9 heteroatoms. The lowest BCUT2D eigenvalue weighted by molar-refractivity contribution is -0.384. The van der Waals surface area contributed by atoms with E-state index in [0.29, 0.717) is 35.5 Å². The lowest BCUT2D eigenvalue weighted by Gasteiger charge is -2.20. The summed E-state index contributed by atoms with van der Waals surface area (Å²) in [6.45, 7) is 0.441. The van der Waals surface area contributed by atoms with E-state index < -0.39 is 28.7 Å². The maximum absolute atomic E-state index is 14.8. The van der Waals surface area contributed by atoms with E-state index in [1.54, 1.807) is 29.2 Å². The van der Waals surface area contributed by atoms with Gasteiger partial charge >= 0.3 is 0 Å². The summed E-state index contributed by atoms with van der Waals surface area (Å²) in [5.74, 6) is -1.46. The van der Waals surface area contributed by atoms with Gasteiger partial charge in [0.25, 0.3) is 11.6 Å². The number of hydrogen-bond acceptors (Lipinski definition) is 5. The first-order valence-electron chi connectivity index (χ1n) is 10.9. The Kier molecular flexibility index (Phi) is 5.66. The van der Waals surface area contributed by atoms with Crippen LogP contribution < -0.4 is 10.2 Å². The third kappa shape index (κ3) is 4.19. The van der Waals surface area contributed by atoms with Crippen molar-refractivity contribution in [2.45, 2.75) is 12.6 Å². The minimum Gasteiger partial charge on any atom is -0.323 e. The van der Waals surface area contributed by atoms with Crippen LogP contribution in [0.15, 0.2) is 77.8 Å². The summed E-state index contributed by atoms with van der Waals surface area (Å²) >= 11 is 0. The second-order valence-electron chi connectivity index (χ2n) is 8.10. The average Bonchev–Trinajstić information content (AvgIpc) is 3.25. The largest absolute Gasteiger partial charge is 0.323 e. The van der Waals surface area contributed by atoms with E-state index in [1.807, 2.05) is 12.1 Å². The zero-order valence-corrected chi connectivity index (χ0v) is 18.3. The molecule has 35 heavy (non-hydrogen) atoms. The molecule has 0 radical (unpaired) electrons. The zero-order valence-electron chi connectivity index (χ0n) is 18.3. The lowest BCUT2D eigenvalue weighted by Crippen LogP contribution is -2.46. The molecular weight excluding hydrogens is 451 g/mol. The molecule has 2 aliphatic heterocycles. The minimum absolute atomic E-state index is 0.0600. The number of aliphatic imine (C=N–C) groups is 1. The van der Waals surface area contributed by atoms with Crippen molar-refractivity contribution < 1.29 is 18.9 Å². The zero-order chi connectivity index (χ0) is 24.5. The minimum atomic E-state index is -1.25. The van der Waals surface area contributed by atoms with Crippen molar-refractivity contribution in [3.05, 3.63) is 111 Å². The quantitative estimate of drug-likeness (QED) is 0.349. The number of halogens is 1. The summed E-state index contributed by atoms with van der Waals surface area (Å²) in [4.78, 5) is 42.5. The molecule has 1 N–H and O–H groups in total. The molecule has 5 rings (SSSR count). The fourth-order valence-electron chi connectivity index (χ4n) is 4.29. The number of amides is 2. The van der Waals surface area contributed by atoms with Gasteiger partial charge in [0, 0.05) is 35.9 Å². The van der Waals surface area contributed by atoms with E-state index in [4.69, 9.17) is 0 Å². The van der Waals surface area contributed by atoms with Crippen molar-refractivity contribution in [3.63, 3.8) is 0 Å². The van der Waals surface area contributed by atoms with E-state index in [2.05, 4.69) is 10.3 Å². The third-order valence-corrected chi connectivity index (χ3v) is 5.95. The van der Waals surface area contributed by atoms with Gasteiger partial charge in [-0.05, 0) is 47.9 Å². The number of nitrogens with one attached hydrogen (secondary N) is 1. The van der Waals surface area contributed by atoms with Gasteiger partial charge in [-0.25, -0.2) is 9.38 Å². The van der Waals surface area contributed by atoms with Crippen LogP contribution in [0.4, 0.5) is 15.8 Å². The van der Waals surface area contributed by atoms with Gasteiger partial charge in [-0.1, -0.05) is 30.3 Å². The number of carbonyl (C=O) groups excluding carboxylic acids is 2. The standard InChI is InChI=1S/C26H19FN4O4/c27-21-7-2-1-5-19(21)23-20-6-3-4-17-14-15-30(24(17)20)26(33)25(29-23)28-22(32)13-10-16-8-11-18(12-9-16)31(34)35/h1-13,25H,14-15H2,(H,28,32). The summed E-state index contributed by atoms with van der Waals surface area (Å²) in [5, 5.41) is 13.4. The molecule has 0 aromatic heterocycles. The van der Waals surface area contributed by atoms with Crippen LogP contribution in [-0.2, 0) is 16.0 Å². The van der Waals surface area contributed by atoms with Gasteiger partial charge in [0.05, 0.1) is 16.3 Å². The van der Waals surface area contributed by atoms with Gasteiger partial charge in [0.15, 0.2) is 0 Å². The topological polar surface area (TPSA) is 105 Å². The summed E-state index contributed by atoms with van der Waals surface area (Å²) in [5.41, 5.74) is 3.34. The number of nitro groups is 1. The second kappa shape index (κ2) is 8.94. The third-order valence-electron chi connectivity index (χ3n) is 5.95. The first-order chi connectivity index (χ1) is 16.9. The highest BCUT2D eigenvalue weighted by atomic mass is 19.1. The fraction of sp³-hybridized carbons (Fsp3) is 0.115. The number of carbonyl (C=O) groups is 2. The smallest absolute Gasteiger partial charge is 0.272 e. The van der Waals surface area contributed by atoms with E-state index >= 15 is 0 Å². The number of nitro benzene ring substituents is 1. The monoisotopic (exact) mass is 470 g/mol. The summed E-state index contributed by atoms with van der Waals surface area (Å²) in [6, 6.07) is 17.4. The van der Waals surface area contributed by atoms with Gasteiger partial charge in [0.1, 0.15) is 5.82 Å². The molecule has 1 atom stereocenters. The number of benzene rings is 3. The number of hydrogen-bond donors (Lipinski definition) is 1. The first kappa shape index (κ1) is 22.1. The van der Waals surface area contributed by atoms with Gasteiger partial charge in [-0.15, -0.1) is 0 Å². The first-order valence-corrected chi connectivity index (χ1v) is 10.9. The number of para-hydroxylation sites is 1. The highest BCUT2D eigenvalue weighted by Crippen LogP contribution is 2.36. The average molecular weight is 470 g/mol. The molecule has 3 aromatic rings. The van der Waals surface area contributed by atoms with Crippen LogP contribution in [0, 0.1) is 15.9 Å². The Morgan fingerprint density at radius 1 is 1.09 bits per heavy atom. The van der Waals surface area contributed by atoms with Crippen molar-refractivity contribution in [1.82, 2.24) is 5.32 Å². The predicted octanol–water partition coefficient (Wildman–Crippen LogP) is 3.63. The molecule has 0 aliphatic carbocycles. The highest BCUT2D eigenvalue weighted by Gasteiger charge is 2.37. The Balaban J connectivity index is 1.47. The van der Waals surface area contributed by atoms with E-state index in [9.17, 15) is 24.1 Å². The van der Waals surface area contributed by atoms with Gasteiger partial charge < -0.3 is 10.2 Å². The molecule has 0 saturated heterocycles. The summed E-state index contributed by atoms with van der Waals surface area (Å²) < 4.78 is 14.8. The maximum atomic E-state index is 14.8. The molecule has 3 aromatic carbocycles. The fourth-order valence-corrected chi connectivity index (χ4v) is 4.29. The van der Waals surface area contributed by atoms with Crippen LogP contribution in [0.2, 0.25) is 0 Å². The summed E-state index contributed by atoms with van der Waals surface area (Å²) in [7, 11) is 0. The molecule has 1 unspecified atom stereocenters. The van der Waals surface area contributed by atoms with Crippen LogP contribution in [-0.4, -0.2) is 35.2 Å². The molecular formula is C26H19FN4O4. The second-order valence-corrected chi connectivity index (χ2v) is 8.10. The van der Waals surface area contributed by atoms with Crippen molar-refractivity contribution in [1.29, 1.82) is 0 Å². The molecule has 0 saturated carbocycles. The Morgan fingerprint density at radius 2 is 1.83 bits per heavy atom. The Hall–Kier alpha value is -4.66. The number of non-ortho nitro benzene ring substituents is 1. The van der Waals surface area contributed by atoms with E-state index in [-0.39, 0.29) is 11.3 Å². The normalized spacial score (nSPS) is 16.6. The molecule has 0 spiro atoms. The predicted molar refractivity (Wildman–Crippen MR) is 129 cm³/mol. The van der Waals surface area contributed by atoms with Gasteiger partial charge in [-0.3, -0.25) is 19.7 Å². The maximum Gasteiger partial charge on any atom is 0.272 e. The Labute approximate surface area is 199 Å². The Morgan fingerprint density at radius 3 is 2.57 bits per heavy atom. The molecule has 8 nitrogen and oxygen atoms in total. The highest BCUT2D eigenvalue weighted by molar-refractivity contribution is 6.21. The van der Waals surface area contributed by atoms with E-state index in [0.717, 1.165) is 5.56 Å². The van der Waals surface area contributed by atoms with E-state index in [1.165, 1.54) is 42.5 Å². The van der Waals surface area contributed by atoms with Crippen molar-refractivity contribution >= 4 is 35.0 Å². The van der Waals surface area contributed by atoms with Gasteiger partial charge in [0.2, 0.25) is 12.1 Å². The summed E-state index contributed by atoms with van der Waals surface area (Å²) in [6.07, 6.45) is 2.10. The van der Waals surface area contributed by atoms with Crippen molar-refractivity contribution in [2.75, 3.05) is 11.4 Å². The molecule has 2 heterocycles. The molecule has 2 aliphatic rings. The van der Waals surface area contributed by atoms with Gasteiger partial charge in [-0.2, -0.15) is 0 Å². The number of rotatable bonds is 5. The van der Waals surface area contributed by atoms with Crippen LogP contribution >= 0.6 is 0 Å². The molecule has 174 valence electrons. The van der Waals surface area contributed by atoms with Crippen molar-refractivity contribution in [3.8, 4) is 0 Å². The SMILES string of the molecule is O=C(C=Cc1ccc([N+](=O)[O-])cc1)NC1N=C(c2ccccc2F)c2cccc3c2N(CC3)C1=O. The van der Waals surface area contributed by atoms with Crippen LogP contribution in [0.3, 0.4) is 0 Å². The molecule has 0 bridgehead atoms. The molecule has 2 amide bonds. The van der Waals surface area contributed by atoms with Crippen LogP contribution in [0.1, 0.15) is 22.3 Å². The van der Waals surface area contributed by atoms with Crippen LogP contribution in [0.5, 0.6) is 0 Å². The Bertz CT molecular complexity index is 1420. The van der Waals surface area contributed by atoms with Crippen LogP contribution in [0.25, 0.3) is 6.08 Å². The molecule has 0 fully saturated rings. The van der Waals surface area contributed by atoms with Crippen molar-refractivity contribution in [2.24, 2.45) is 4.99 Å². The number of anilines is 1. The number of nitrogens with zero attached hydrogens (tertiary/aromatic N) is 3.